The van der Waals surface area contributed by atoms with Crippen LogP contribution < -0.4 is 5.32 Å². The van der Waals surface area contributed by atoms with Gasteiger partial charge in [-0.05, 0) is 31.5 Å². The zero-order valence-electron chi connectivity index (χ0n) is 9.10. The van der Waals surface area contributed by atoms with Gasteiger partial charge in [0.05, 0.1) is 16.8 Å². The summed E-state index contributed by atoms with van der Waals surface area (Å²) in [4.78, 5) is 0. The third kappa shape index (κ3) is 3.56. The first kappa shape index (κ1) is 12.6. The minimum absolute atomic E-state index is 0.140. The second-order valence-electron chi connectivity index (χ2n) is 3.51. The third-order valence-electron chi connectivity index (χ3n) is 2.23. The highest BCUT2D eigenvalue weighted by Crippen LogP contribution is 2.28. The molecular formula is C11H15Cl2NO. The number of rotatable bonds is 4. The molecule has 0 saturated carbocycles. The van der Waals surface area contributed by atoms with E-state index < -0.39 is 0 Å². The van der Waals surface area contributed by atoms with Crippen LogP contribution in [0.25, 0.3) is 0 Å². The summed E-state index contributed by atoms with van der Waals surface area (Å²) in [7, 11) is 1.68. The maximum atomic E-state index is 6.07. The Kier molecular flexibility index (Phi) is 4.71. The summed E-state index contributed by atoms with van der Waals surface area (Å²) in [6.07, 6.45) is 0.140. The van der Waals surface area contributed by atoms with Crippen molar-refractivity contribution in [2.45, 2.75) is 20.0 Å². The molecule has 0 heterocycles. The second-order valence-corrected chi connectivity index (χ2v) is 4.32. The standard InChI is InChI=1S/C11H15Cl2NO/c1-7-4-10(13)11(5-9(7)12)14-6-8(2)15-3/h4-5,8,14H,6H2,1-3H3. The lowest BCUT2D eigenvalue weighted by Crippen LogP contribution is -2.18. The van der Waals surface area contributed by atoms with Gasteiger partial charge in [-0.15, -0.1) is 0 Å². The van der Waals surface area contributed by atoms with E-state index in [4.69, 9.17) is 27.9 Å². The molecule has 0 fully saturated rings. The number of anilines is 1. The lowest BCUT2D eigenvalue weighted by molar-refractivity contribution is 0.129. The van der Waals surface area contributed by atoms with Crippen LogP contribution in [0, 0.1) is 6.92 Å². The number of hydrogen-bond donors (Lipinski definition) is 1. The number of hydrogen-bond acceptors (Lipinski definition) is 2. The predicted molar refractivity (Wildman–Crippen MR) is 66.2 cm³/mol. The Bertz CT molecular complexity index is 342. The average Bonchev–Trinajstić information content (AvgIpc) is 2.21. The van der Waals surface area contributed by atoms with Gasteiger partial charge in [-0.25, -0.2) is 0 Å². The van der Waals surface area contributed by atoms with E-state index in [1.165, 1.54) is 0 Å². The molecule has 1 rings (SSSR count). The topological polar surface area (TPSA) is 21.3 Å². The molecule has 0 saturated heterocycles. The first-order chi connectivity index (χ1) is 7.04. The summed E-state index contributed by atoms with van der Waals surface area (Å²) in [5, 5.41) is 4.59. The fourth-order valence-electron chi connectivity index (χ4n) is 1.12. The molecule has 0 aliphatic carbocycles. The van der Waals surface area contributed by atoms with E-state index in [1.54, 1.807) is 7.11 Å². The Balaban J connectivity index is 2.73. The summed E-state index contributed by atoms with van der Waals surface area (Å²) >= 11 is 12.1. The molecule has 84 valence electrons. The lowest BCUT2D eigenvalue weighted by Gasteiger charge is -2.14. The Hall–Kier alpha value is -0.440. The van der Waals surface area contributed by atoms with Crippen molar-refractivity contribution in [2.75, 3.05) is 19.0 Å². The van der Waals surface area contributed by atoms with Crippen molar-refractivity contribution in [2.24, 2.45) is 0 Å². The van der Waals surface area contributed by atoms with Crippen LogP contribution in [-0.4, -0.2) is 19.8 Å². The van der Waals surface area contributed by atoms with Crippen molar-refractivity contribution < 1.29 is 4.74 Å². The molecule has 0 amide bonds. The minimum atomic E-state index is 0.140. The summed E-state index contributed by atoms with van der Waals surface area (Å²) < 4.78 is 5.13. The Labute approximate surface area is 101 Å². The normalized spacial score (nSPS) is 12.6. The number of benzene rings is 1. The van der Waals surface area contributed by atoms with Crippen molar-refractivity contribution in [1.82, 2.24) is 0 Å². The van der Waals surface area contributed by atoms with Gasteiger partial charge in [0, 0.05) is 18.7 Å². The first-order valence-corrected chi connectivity index (χ1v) is 5.52. The van der Waals surface area contributed by atoms with Crippen LogP contribution in [0.15, 0.2) is 12.1 Å². The number of nitrogens with one attached hydrogen (secondary N) is 1. The van der Waals surface area contributed by atoms with Crippen LogP contribution in [0.3, 0.4) is 0 Å². The lowest BCUT2D eigenvalue weighted by atomic mass is 10.2. The molecule has 1 N–H and O–H groups in total. The van der Waals surface area contributed by atoms with Crippen LogP contribution in [0.5, 0.6) is 0 Å². The molecule has 2 nitrogen and oxygen atoms in total. The van der Waals surface area contributed by atoms with Crippen molar-refractivity contribution in [3.8, 4) is 0 Å². The van der Waals surface area contributed by atoms with Gasteiger partial charge in [-0.1, -0.05) is 23.2 Å². The largest absolute Gasteiger partial charge is 0.381 e. The molecule has 0 radical (unpaired) electrons. The monoisotopic (exact) mass is 247 g/mol. The zero-order chi connectivity index (χ0) is 11.4. The van der Waals surface area contributed by atoms with Crippen molar-refractivity contribution in [1.29, 1.82) is 0 Å². The first-order valence-electron chi connectivity index (χ1n) is 4.77. The number of aryl methyl sites for hydroxylation is 1. The molecule has 1 unspecified atom stereocenters. The van der Waals surface area contributed by atoms with E-state index >= 15 is 0 Å². The highest BCUT2D eigenvalue weighted by molar-refractivity contribution is 6.35. The van der Waals surface area contributed by atoms with E-state index in [2.05, 4.69) is 5.32 Å². The zero-order valence-corrected chi connectivity index (χ0v) is 10.6. The summed E-state index contributed by atoms with van der Waals surface area (Å²) in [5.74, 6) is 0. The van der Waals surface area contributed by atoms with Crippen LogP contribution >= 0.6 is 23.2 Å². The maximum Gasteiger partial charge on any atom is 0.0715 e. The van der Waals surface area contributed by atoms with Crippen molar-refractivity contribution in [3.05, 3.63) is 27.7 Å². The summed E-state index contributed by atoms with van der Waals surface area (Å²) in [5.41, 5.74) is 1.82. The maximum absolute atomic E-state index is 6.07. The summed E-state index contributed by atoms with van der Waals surface area (Å²) in [6.45, 7) is 4.61. The van der Waals surface area contributed by atoms with Crippen molar-refractivity contribution >= 4 is 28.9 Å². The highest BCUT2D eigenvalue weighted by atomic mass is 35.5. The molecule has 1 atom stereocenters. The molecule has 1 aromatic carbocycles. The van der Waals surface area contributed by atoms with Gasteiger partial charge in [0.1, 0.15) is 0 Å². The Morgan fingerprint density at radius 3 is 2.60 bits per heavy atom. The van der Waals surface area contributed by atoms with Crippen LogP contribution in [0.1, 0.15) is 12.5 Å². The molecule has 15 heavy (non-hydrogen) atoms. The number of halogens is 2. The fraction of sp³-hybridized carbons (Fsp3) is 0.455. The molecule has 0 bridgehead atoms. The average molecular weight is 248 g/mol. The van der Waals surface area contributed by atoms with E-state index in [-0.39, 0.29) is 6.10 Å². The van der Waals surface area contributed by atoms with Gasteiger partial charge in [0.2, 0.25) is 0 Å². The highest BCUT2D eigenvalue weighted by Gasteiger charge is 2.05. The van der Waals surface area contributed by atoms with E-state index in [9.17, 15) is 0 Å². The summed E-state index contributed by atoms with van der Waals surface area (Å²) in [6, 6.07) is 3.69. The van der Waals surface area contributed by atoms with Gasteiger partial charge in [0.25, 0.3) is 0 Å². The van der Waals surface area contributed by atoms with E-state index in [0.717, 1.165) is 11.3 Å². The quantitative estimate of drug-likeness (QED) is 0.876. The number of methoxy groups -OCH3 is 1. The second kappa shape index (κ2) is 5.59. The fourth-order valence-corrected chi connectivity index (χ4v) is 1.57. The van der Waals surface area contributed by atoms with Gasteiger partial charge in [-0.2, -0.15) is 0 Å². The van der Waals surface area contributed by atoms with E-state index in [1.807, 2.05) is 26.0 Å². The predicted octanol–water partition coefficient (Wildman–Crippen LogP) is 3.75. The van der Waals surface area contributed by atoms with Crippen LogP contribution in [0.2, 0.25) is 10.0 Å². The SMILES string of the molecule is COC(C)CNc1cc(Cl)c(C)cc1Cl. The molecule has 0 aromatic heterocycles. The Morgan fingerprint density at radius 1 is 1.33 bits per heavy atom. The van der Waals surface area contributed by atoms with Crippen LogP contribution in [-0.2, 0) is 4.74 Å². The third-order valence-corrected chi connectivity index (χ3v) is 2.95. The molecular weight excluding hydrogens is 233 g/mol. The van der Waals surface area contributed by atoms with Gasteiger partial charge >= 0.3 is 0 Å². The van der Waals surface area contributed by atoms with Gasteiger partial charge in [-0.3, -0.25) is 0 Å². The van der Waals surface area contributed by atoms with Gasteiger partial charge in [0.15, 0.2) is 0 Å². The molecule has 4 heteroatoms. The van der Waals surface area contributed by atoms with Gasteiger partial charge < -0.3 is 10.1 Å². The molecule has 1 aromatic rings. The Morgan fingerprint density at radius 2 is 2.00 bits per heavy atom. The smallest absolute Gasteiger partial charge is 0.0715 e. The minimum Gasteiger partial charge on any atom is -0.381 e. The molecule has 0 spiro atoms. The molecule has 0 aliphatic heterocycles. The van der Waals surface area contributed by atoms with Crippen molar-refractivity contribution in [3.63, 3.8) is 0 Å². The van der Waals surface area contributed by atoms with Crippen LogP contribution in [0.4, 0.5) is 5.69 Å². The van der Waals surface area contributed by atoms with E-state index in [0.29, 0.717) is 16.6 Å². The number of ether oxygens (including phenoxy) is 1. The molecule has 0 aliphatic rings.